The molecule has 0 radical (unpaired) electrons. The number of carbonyl (C=O) groups excluding carboxylic acids is 2. The molecule has 3 rings (SSSR count). The third-order valence-electron chi connectivity index (χ3n) is 5.07. The number of carbonyl (C=O) groups is 2. The minimum absolute atomic E-state index is 0.178. The first-order valence-electron chi connectivity index (χ1n) is 11.6. The number of thiocarbonyl (C=S) groups is 1. The Morgan fingerprint density at radius 1 is 1.11 bits per heavy atom. The molecule has 0 aromatic heterocycles. The summed E-state index contributed by atoms with van der Waals surface area (Å²) in [6.07, 6.45) is 3.29. The lowest BCUT2D eigenvalue weighted by molar-refractivity contribution is -0.144. The molecule has 1 fully saturated rings. The molecule has 1 saturated heterocycles. The summed E-state index contributed by atoms with van der Waals surface area (Å²) in [6, 6.07) is 10.7. The molecular formula is C26H27Cl2NO5S2. The minimum Gasteiger partial charge on any atom is -0.490 e. The number of ether oxygens (including phenoxy) is 3. The van der Waals surface area contributed by atoms with Gasteiger partial charge >= 0.3 is 5.97 Å². The minimum atomic E-state index is -0.262. The van der Waals surface area contributed by atoms with Crippen LogP contribution >= 0.6 is 47.2 Å². The second kappa shape index (κ2) is 13.9. The lowest BCUT2D eigenvalue weighted by Gasteiger charge is -2.14. The Bertz CT molecular complexity index is 1160. The number of hydrogen-bond acceptors (Lipinski definition) is 7. The van der Waals surface area contributed by atoms with Crippen LogP contribution in [0.5, 0.6) is 11.5 Å². The Labute approximate surface area is 230 Å². The van der Waals surface area contributed by atoms with Gasteiger partial charge in [-0.25, -0.2) is 0 Å². The molecule has 0 saturated carbocycles. The molecule has 1 aliphatic heterocycles. The molecule has 10 heteroatoms. The van der Waals surface area contributed by atoms with Crippen LogP contribution in [0.15, 0.2) is 41.3 Å². The molecule has 0 spiro atoms. The van der Waals surface area contributed by atoms with Crippen molar-refractivity contribution in [2.75, 3.05) is 19.8 Å². The Morgan fingerprint density at radius 2 is 1.92 bits per heavy atom. The van der Waals surface area contributed by atoms with Crippen LogP contribution in [0.25, 0.3) is 6.08 Å². The molecule has 0 bridgehead atoms. The van der Waals surface area contributed by atoms with Crippen molar-refractivity contribution in [1.82, 2.24) is 4.90 Å². The van der Waals surface area contributed by atoms with Gasteiger partial charge < -0.3 is 14.2 Å². The Kier molecular flexibility index (Phi) is 10.9. The monoisotopic (exact) mass is 567 g/mol. The van der Waals surface area contributed by atoms with E-state index in [9.17, 15) is 9.59 Å². The van der Waals surface area contributed by atoms with Gasteiger partial charge in [0, 0.05) is 28.6 Å². The number of amides is 1. The average Bonchev–Trinajstić information content (AvgIpc) is 3.10. The number of rotatable bonds is 12. The average molecular weight is 569 g/mol. The van der Waals surface area contributed by atoms with E-state index in [1.807, 2.05) is 32.0 Å². The van der Waals surface area contributed by atoms with Crippen molar-refractivity contribution < 1.29 is 23.8 Å². The summed E-state index contributed by atoms with van der Waals surface area (Å²) < 4.78 is 17.3. The summed E-state index contributed by atoms with van der Waals surface area (Å²) in [5, 5.41) is 1.08. The van der Waals surface area contributed by atoms with Gasteiger partial charge in [0.1, 0.15) is 10.9 Å². The van der Waals surface area contributed by atoms with Crippen LogP contribution in [0.2, 0.25) is 10.0 Å². The quantitative estimate of drug-likeness (QED) is 0.157. The van der Waals surface area contributed by atoms with Crippen molar-refractivity contribution in [3.63, 3.8) is 0 Å². The van der Waals surface area contributed by atoms with Crippen LogP contribution < -0.4 is 9.47 Å². The lowest BCUT2D eigenvalue weighted by atomic mass is 10.1. The molecule has 0 unspecified atom stereocenters. The van der Waals surface area contributed by atoms with Gasteiger partial charge in [-0.2, -0.15) is 0 Å². The highest BCUT2D eigenvalue weighted by atomic mass is 35.5. The topological polar surface area (TPSA) is 65.1 Å². The number of esters is 1. The van der Waals surface area contributed by atoms with E-state index in [0.717, 1.165) is 17.5 Å². The molecule has 2 aromatic rings. The normalized spacial score (nSPS) is 14.4. The van der Waals surface area contributed by atoms with E-state index in [4.69, 9.17) is 49.6 Å². The van der Waals surface area contributed by atoms with Crippen LogP contribution in [-0.2, 0) is 20.9 Å². The smallest absolute Gasteiger partial charge is 0.305 e. The highest BCUT2D eigenvalue weighted by Gasteiger charge is 2.31. The van der Waals surface area contributed by atoms with E-state index in [2.05, 4.69) is 0 Å². The molecule has 36 heavy (non-hydrogen) atoms. The third-order valence-corrected chi connectivity index (χ3v) is 7.03. The van der Waals surface area contributed by atoms with Crippen LogP contribution in [0.1, 0.15) is 44.2 Å². The van der Waals surface area contributed by atoms with E-state index in [0.29, 0.717) is 56.9 Å². The number of hydrogen-bond donors (Lipinski definition) is 0. The predicted octanol–water partition coefficient (Wildman–Crippen LogP) is 6.91. The highest BCUT2D eigenvalue weighted by Crippen LogP contribution is 2.35. The van der Waals surface area contributed by atoms with E-state index in [1.54, 1.807) is 24.3 Å². The third kappa shape index (κ3) is 7.87. The fourth-order valence-corrected chi connectivity index (χ4v) is 5.08. The van der Waals surface area contributed by atoms with E-state index in [-0.39, 0.29) is 24.9 Å². The lowest BCUT2D eigenvalue weighted by Crippen LogP contribution is -2.29. The standard InChI is InChI=1S/C26H27Cl2NO5S2/c1-3-12-33-24(30)6-5-11-29-25(31)23(36-26(29)35)14-17-7-10-21(22(13-17)32-4-2)34-16-18-8-9-19(27)15-20(18)28/h7-10,13-15H,3-6,11-12,16H2,1-2H3/b23-14-. The predicted molar refractivity (Wildman–Crippen MR) is 149 cm³/mol. The van der Waals surface area contributed by atoms with Crippen molar-refractivity contribution in [2.24, 2.45) is 0 Å². The summed E-state index contributed by atoms with van der Waals surface area (Å²) in [5.41, 5.74) is 1.58. The zero-order valence-corrected chi connectivity index (χ0v) is 23.2. The Balaban J connectivity index is 1.66. The van der Waals surface area contributed by atoms with Gasteiger partial charge in [-0.15, -0.1) is 0 Å². The van der Waals surface area contributed by atoms with Crippen molar-refractivity contribution in [3.05, 3.63) is 62.5 Å². The van der Waals surface area contributed by atoms with Gasteiger partial charge in [0.05, 0.1) is 18.1 Å². The molecular weight excluding hydrogens is 541 g/mol. The zero-order valence-electron chi connectivity index (χ0n) is 20.1. The molecule has 192 valence electrons. The van der Waals surface area contributed by atoms with Gasteiger partial charge in [-0.05, 0) is 55.7 Å². The van der Waals surface area contributed by atoms with Gasteiger partial charge in [0.15, 0.2) is 11.5 Å². The fourth-order valence-electron chi connectivity index (χ4n) is 3.31. The summed E-state index contributed by atoms with van der Waals surface area (Å²) in [7, 11) is 0. The van der Waals surface area contributed by atoms with Crippen LogP contribution in [0, 0.1) is 0 Å². The maximum atomic E-state index is 12.9. The SMILES string of the molecule is CCCOC(=O)CCCN1C(=O)/C(=C/c2ccc(OCc3ccc(Cl)cc3Cl)c(OCC)c2)SC1=S. The second-order valence-corrected chi connectivity index (χ2v) is 10.3. The van der Waals surface area contributed by atoms with Gasteiger partial charge in [-0.3, -0.25) is 14.5 Å². The van der Waals surface area contributed by atoms with Gasteiger partial charge in [-0.1, -0.05) is 66.2 Å². The summed E-state index contributed by atoms with van der Waals surface area (Å²) in [5.74, 6) is 0.671. The first-order valence-corrected chi connectivity index (χ1v) is 13.5. The molecule has 1 heterocycles. The molecule has 2 aromatic carbocycles. The number of thioether (sulfide) groups is 1. The zero-order chi connectivity index (χ0) is 26.1. The molecule has 0 atom stereocenters. The highest BCUT2D eigenvalue weighted by molar-refractivity contribution is 8.26. The number of benzene rings is 2. The van der Waals surface area contributed by atoms with Crippen LogP contribution in [-0.4, -0.2) is 40.9 Å². The fraction of sp³-hybridized carbons (Fsp3) is 0.346. The van der Waals surface area contributed by atoms with Crippen molar-refractivity contribution in [2.45, 2.75) is 39.7 Å². The maximum absolute atomic E-state index is 12.9. The molecule has 0 aliphatic carbocycles. The first-order chi connectivity index (χ1) is 17.3. The first kappa shape index (κ1) is 28.3. The Morgan fingerprint density at radius 3 is 2.64 bits per heavy atom. The van der Waals surface area contributed by atoms with E-state index >= 15 is 0 Å². The van der Waals surface area contributed by atoms with Crippen LogP contribution in [0.4, 0.5) is 0 Å². The number of nitrogens with zero attached hydrogens (tertiary/aromatic N) is 1. The molecule has 6 nitrogen and oxygen atoms in total. The van der Waals surface area contributed by atoms with E-state index in [1.165, 1.54) is 16.7 Å². The summed E-state index contributed by atoms with van der Waals surface area (Å²) in [4.78, 5) is 26.7. The summed E-state index contributed by atoms with van der Waals surface area (Å²) in [6.45, 7) is 5.30. The van der Waals surface area contributed by atoms with Crippen molar-refractivity contribution in [1.29, 1.82) is 0 Å². The Hall–Kier alpha value is -2.26. The van der Waals surface area contributed by atoms with Crippen molar-refractivity contribution in [3.8, 4) is 11.5 Å². The summed E-state index contributed by atoms with van der Waals surface area (Å²) >= 11 is 18.8. The van der Waals surface area contributed by atoms with Crippen LogP contribution in [0.3, 0.4) is 0 Å². The van der Waals surface area contributed by atoms with Gasteiger partial charge in [0.2, 0.25) is 0 Å². The molecule has 1 amide bonds. The largest absolute Gasteiger partial charge is 0.490 e. The maximum Gasteiger partial charge on any atom is 0.305 e. The van der Waals surface area contributed by atoms with Gasteiger partial charge in [0.25, 0.3) is 5.91 Å². The second-order valence-electron chi connectivity index (χ2n) is 7.82. The van der Waals surface area contributed by atoms with E-state index < -0.39 is 0 Å². The molecule has 0 N–H and O–H groups in total. The molecule has 1 aliphatic rings. The van der Waals surface area contributed by atoms with Crippen molar-refractivity contribution >= 4 is 69.5 Å². The number of halogens is 2.